The first-order valence-corrected chi connectivity index (χ1v) is 17.6. The summed E-state index contributed by atoms with van der Waals surface area (Å²) in [4.78, 5) is 32.2. The van der Waals surface area contributed by atoms with Gasteiger partial charge in [-0.3, -0.25) is 9.78 Å². The highest BCUT2D eigenvalue weighted by Crippen LogP contribution is 2.32. The molecule has 48 heavy (non-hydrogen) atoms. The standard InChI is InChI=1S/C36H42N6O5S/c1-24-8-6-9-25(2)33(24)31-19-32-39-35(38-31)40-48(44,45)30-11-7-10-26(18-30)34(43)42(29(23-47-32)20-36(3,4)5)22-27-12-13-28(21-37-27)41-14-16-46-17-15-41/h6-13,18-19,21,29H,14-17,20,22-23H2,1-5H3,(H,38,39,40)/t29-/m1/s1. The number of ether oxygens (including phenoxy) is 2. The Morgan fingerprint density at radius 3 is 2.38 bits per heavy atom. The van der Waals surface area contributed by atoms with Gasteiger partial charge in [-0.2, -0.15) is 4.98 Å². The molecule has 4 bridgehead atoms. The lowest BCUT2D eigenvalue weighted by Gasteiger charge is -2.35. The minimum Gasteiger partial charge on any atom is -0.475 e. The summed E-state index contributed by atoms with van der Waals surface area (Å²) >= 11 is 0. The predicted molar refractivity (Wildman–Crippen MR) is 185 cm³/mol. The Labute approximate surface area is 282 Å². The van der Waals surface area contributed by atoms with Crippen molar-refractivity contribution in [2.75, 3.05) is 42.5 Å². The first-order chi connectivity index (χ1) is 22.9. The summed E-state index contributed by atoms with van der Waals surface area (Å²) in [5, 5.41) is 0. The first-order valence-electron chi connectivity index (χ1n) is 16.2. The number of sulfonamides is 1. The number of morpholine rings is 1. The van der Waals surface area contributed by atoms with Gasteiger partial charge in [-0.05, 0) is 67.1 Å². The Kier molecular flexibility index (Phi) is 9.39. The minimum atomic E-state index is -4.16. The van der Waals surface area contributed by atoms with Crippen molar-refractivity contribution in [3.05, 3.63) is 89.2 Å². The molecule has 1 atom stereocenters. The van der Waals surface area contributed by atoms with Crippen LogP contribution in [0.1, 0.15) is 54.4 Å². The smallest absolute Gasteiger partial charge is 0.264 e. The predicted octanol–water partition coefficient (Wildman–Crippen LogP) is 5.63. The van der Waals surface area contributed by atoms with E-state index in [9.17, 15) is 13.2 Å². The topological polar surface area (TPSA) is 127 Å². The van der Waals surface area contributed by atoms with Gasteiger partial charge in [-0.25, -0.2) is 18.1 Å². The van der Waals surface area contributed by atoms with Crippen molar-refractivity contribution in [3.8, 4) is 17.1 Å². The van der Waals surface area contributed by atoms with Gasteiger partial charge in [0.05, 0.1) is 54.0 Å². The number of benzene rings is 2. The molecule has 0 radical (unpaired) electrons. The molecular weight excluding hydrogens is 629 g/mol. The van der Waals surface area contributed by atoms with Crippen molar-refractivity contribution in [1.82, 2.24) is 19.9 Å². The molecule has 0 saturated carbocycles. The largest absolute Gasteiger partial charge is 0.475 e. The lowest BCUT2D eigenvalue weighted by molar-refractivity contribution is 0.0509. The number of amides is 1. The molecule has 2 aliphatic rings. The zero-order valence-electron chi connectivity index (χ0n) is 28.1. The highest BCUT2D eigenvalue weighted by molar-refractivity contribution is 7.92. The highest BCUT2D eigenvalue weighted by atomic mass is 32.2. The van der Waals surface area contributed by atoms with Crippen LogP contribution in [-0.2, 0) is 21.3 Å². The van der Waals surface area contributed by atoms with Crippen molar-refractivity contribution >= 4 is 27.6 Å². The number of pyridine rings is 1. The number of carbonyl (C=O) groups excluding carboxylic acids is 1. The number of hydrogen-bond acceptors (Lipinski definition) is 9. The summed E-state index contributed by atoms with van der Waals surface area (Å²) in [6.07, 6.45) is 2.43. The number of fused-ring (bicyclic) bond motifs is 4. The summed E-state index contributed by atoms with van der Waals surface area (Å²) in [6, 6.07) is 17.2. The van der Waals surface area contributed by atoms with Crippen LogP contribution in [0.25, 0.3) is 11.3 Å². The van der Waals surface area contributed by atoms with Crippen LogP contribution >= 0.6 is 0 Å². The average molecular weight is 671 g/mol. The Morgan fingerprint density at radius 2 is 1.69 bits per heavy atom. The fraction of sp³-hybridized carbons (Fsp3) is 0.389. The molecule has 1 fully saturated rings. The molecule has 1 saturated heterocycles. The van der Waals surface area contributed by atoms with Crippen molar-refractivity contribution in [3.63, 3.8) is 0 Å². The van der Waals surface area contributed by atoms with Gasteiger partial charge in [0.1, 0.15) is 6.61 Å². The third-order valence-electron chi connectivity index (χ3n) is 8.55. The highest BCUT2D eigenvalue weighted by Gasteiger charge is 2.32. The fourth-order valence-electron chi connectivity index (χ4n) is 6.24. The number of anilines is 2. The van der Waals surface area contributed by atoms with Gasteiger partial charge in [0, 0.05) is 30.3 Å². The SMILES string of the molecule is Cc1cccc(C)c1-c1cc2nc(n1)NS(=O)(=O)c1cccc(c1)C(=O)N(Cc1ccc(N3CCOCC3)cn1)[C@H](CC(C)(C)C)CO2. The van der Waals surface area contributed by atoms with E-state index in [0.29, 0.717) is 31.0 Å². The van der Waals surface area contributed by atoms with Crippen molar-refractivity contribution < 1.29 is 22.7 Å². The number of hydrogen-bond donors (Lipinski definition) is 1. The van der Waals surface area contributed by atoms with Crippen LogP contribution in [0.3, 0.4) is 0 Å². The zero-order chi connectivity index (χ0) is 34.1. The van der Waals surface area contributed by atoms with Crippen LogP contribution in [-0.4, -0.2) is 73.1 Å². The molecule has 2 aliphatic heterocycles. The van der Waals surface area contributed by atoms with Crippen molar-refractivity contribution in [2.24, 2.45) is 5.41 Å². The van der Waals surface area contributed by atoms with E-state index in [4.69, 9.17) is 14.5 Å². The second-order valence-electron chi connectivity index (χ2n) is 13.6. The summed E-state index contributed by atoms with van der Waals surface area (Å²) in [5.74, 6) is -0.238. The number of rotatable bonds is 5. The summed E-state index contributed by atoms with van der Waals surface area (Å²) in [5.41, 5.74) is 5.12. The lowest BCUT2D eigenvalue weighted by atomic mass is 9.87. The lowest BCUT2D eigenvalue weighted by Crippen LogP contribution is -2.45. The number of nitrogens with one attached hydrogen (secondary N) is 1. The van der Waals surface area contributed by atoms with E-state index in [1.807, 2.05) is 50.4 Å². The molecule has 4 heterocycles. The van der Waals surface area contributed by atoms with Gasteiger partial charge in [0.25, 0.3) is 15.9 Å². The summed E-state index contributed by atoms with van der Waals surface area (Å²) in [7, 11) is -4.16. The van der Waals surface area contributed by atoms with E-state index in [2.05, 4.69) is 40.4 Å². The van der Waals surface area contributed by atoms with E-state index in [1.54, 1.807) is 23.1 Å². The van der Waals surface area contributed by atoms with Gasteiger partial charge in [-0.1, -0.05) is 45.0 Å². The average Bonchev–Trinajstić information content (AvgIpc) is 3.05. The van der Waals surface area contributed by atoms with Gasteiger partial charge in [0.15, 0.2) is 0 Å². The van der Waals surface area contributed by atoms with Crippen LogP contribution in [0, 0.1) is 19.3 Å². The number of aromatic nitrogens is 3. The van der Waals surface area contributed by atoms with Crippen LogP contribution in [0.5, 0.6) is 5.88 Å². The Balaban J connectivity index is 1.43. The van der Waals surface area contributed by atoms with E-state index >= 15 is 0 Å². The number of carbonyl (C=O) groups is 1. The summed E-state index contributed by atoms with van der Waals surface area (Å²) in [6.45, 7) is 13.5. The van der Waals surface area contributed by atoms with Gasteiger partial charge >= 0.3 is 0 Å². The molecule has 4 aromatic rings. The molecule has 1 amide bonds. The van der Waals surface area contributed by atoms with Crippen LogP contribution in [0.15, 0.2) is 71.8 Å². The quantitative estimate of drug-likeness (QED) is 0.287. The third-order valence-corrected chi connectivity index (χ3v) is 9.87. The third kappa shape index (κ3) is 7.60. The van der Waals surface area contributed by atoms with Gasteiger partial charge in [-0.15, -0.1) is 0 Å². The van der Waals surface area contributed by atoms with E-state index in [0.717, 1.165) is 35.5 Å². The van der Waals surface area contributed by atoms with E-state index in [-0.39, 0.29) is 46.8 Å². The molecule has 6 rings (SSSR count). The maximum atomic E-state index is 14.4. The summed E-state index contributed by atoms with van der Waals surface area (Å²) < 4.78 is 41.7. The molecular formula is C36H42N6O5S. The Bertz CT molecular complexity index is 1880. The molecule has 2 aromatic heterocycles. The van der Waals surface area contributed by atoms with Crippen molar-refractivity contribution in [2.45, 2.75) is 58.5 Å². The second kappa shape index (κ2) is 13.5. The van der Waals surface area contributed by atoms with Crippen molar-refractivity contribution in [1.29, 1.82) is 0 Å². The molecule has 0 aliphatic carbocycles. The molecule has 0 spiro atoms. The number of nitrogens with zero attached hydrogens (tertiary/aromatic N) is 5. The fourth-order valence-corrected chi connectivity index (χ4v) is 7.23. The van der Waals surface area contributed by atoms with Crippen LogP contribution in [0.2, 0.25) is 0 Å². The Morgan fingerprint density at radius 1 is 0.958 bits per heavy atom. The maximum Gasteiger partial charge on any atom is 0.264 e. The molecule has 2 aromatic carbocycles. The first kappa shape index (κ1) is 33.4. The minimum absolute atomic E-state index is 0.0727. The van der Waals surface area contributed by atoms with Crippen LogP contribution in [0.4, 0.5) is 11.6 Å². The monoisotopic (exact) mass is 670 g/mol. The zero-order valence-corrected chi connectivity index (χ0v) is 28.9. The molecule has 12 heteroatoms. The van der Waals surface area contributed by atoms with Crippen LogP contribution < -0.4 is 14.4 Å². The normalized spacial score (nSPS) is 18.2. The second-order valence-corrected chi connectivity index (χ2v) is 15.3. The molecule has 11 nitrogen and oxygen atoms in total. The molecule has 252 valence electrons. The number of aryl methyl sites for hydroxylation is 2. The van der Waals surface area contributed by atoms with Gasteiger partial charge in [0.2, 0.25) is 11.8 Å². The Hall–Kier alpha value is -4.55. The van der Waals surface area contributed by atoms with E-state index < -0.39 is 16.1 Å². The maximum absolute atomic E-state index is 14.4. The van der Waals surface area contributed by atoms with E-state index in [1.165, 1.54) is 12.1 Å². The van der Waals surface area contributed by atoms with Gasteiger partial charge < -0.3 is 19.3 Å². The molecule has 0 unspecified atom stereocenters. The molecule has 1 N–H and O–H groups in total.